The maximum absolute atomic E-state index is 12.0. The zero-order chi connectivity index (χ0) is 12.3. The van der Waals surface area contributed by atoms with E-state index >= 15 is 0 Å². The Kier molecular flexibility index (Phi) is 4.12. The number of aromatic nitrogens is 1. The molecule has 0 bridgehead atoms. The molecule has 2 heterocycles. The molecule has 1 fully saturated rings. The topological polar surface area (TPSA) is 45.2 Å². The standard InChI is InChI=1S/C12H16BrN3O/c1-16-4-2-11(3-5-16)15-12(17)9-6-10(13)8-14-7-9/h6-8,11H,2-5H2,1H3,(H,15,17). The molecule has 0 radical (unpaired) electrons. The summed E-state index contributed by atoms with van der Waals surface area (Å²) in [5, 5.41) is 3.06. The number of rotatable bonds is 2. The van der Waals surface area contributed by atoms with Crippen LogP contribution < -0.4 is 5.32 Å². The van der Waals surface area contributed by atoms with E-state index in [9.17, 15) is 4.79 Å². The van der Waals surface area contributed by atoms with E-state index in [1.807, 2.05) is 0 Å². The van der Waals surface area contributed by atoms with Gasteiger partial charge in [0.15, 0.2) is 0 Å². The SMILES string of the molecule is CN1CCC(NC(=O)c2cncc(Br)c2)CC1. The second kappa shape index (κ2) is 5.60. The Morgan fingerprint density at radius 3 is 2.82 bits per heavy atom. The predicted molar refractivity (Wildman–Crippen MR) is 69.9 cm³/mol. The van der Waals surface area contributed by atoms with Gasteiger partial charge in [-0.05, 0) is 55.0 Å². The third kappa shape index (κ3) is 3.51. The molecule has 0 unspecified atom stereocenters. The smallest absolute Gasteiger partial charge is 0.253 e. The van der Waals surface area contributed by atoms with Gasteiger partial charge in [0.1, 0.15) is 0 Å². The Hall–Kier alpha value is -0.940. The van der Waals surface area contributed by atoms with Crippen molar-refractivity contribution in [2.45, 2.75) is 18.9 Å². The number of nitrogens with zero attached hydrogens (tertiary/aromatic N) is 2. The highest BCUT2D eigenvalue weighted by Crippen LogP contribution is 2.12. The van der Waals surface area contributed by atoms with E-state index in [0.29, 0.717) is 5.56 Å². The van der Waals surface area contributed by atoms with Crippen molar-refractivity contribution >= 4 is 21.8 Å². The average Bonchev–Trinajstić information content (AvgIpc) is 2.32. The summed E-state index contributed by atoms with van der Waals surface area (Å²) in [6, 6.07) is 2.08. The third-order valence-electron chi connectivity index (χ3n) is 3.02. The second-order valence-electron chi connectivity index (χ2n) is 4.44. The molecule has 1 aliphatic rings. The van der Waals surface area contributed by atoms with Gasteiger partial charge in [-0.15, -0.1) is 0 Å². The molecule has 5 heteroatoms. The van der Waals surface area contributed by atoms with Gasteiger partial charge < -0.3 is 10.2 Å². The molecule has 92 valence electrons. The molecule has 1 aliphatic heterocycles. The fraction of sp³-hybridized carbons (Fsp3) is 0.500. The lowest BCUT2D eigenvalue weighted by Crippen LogP contribution is -2.43. The largest absolute Gasteiger partial charge is 0.349 e. The normalized spacial score (nSPS) is 18.0. The lowest BCUT2D eigenvalue weighted by molar-refractivity contribution is 0.0916. The first-order valence-electron chi connectivity index (χ1n) is 5.75. The highest BCUT2D eigenvalue weighted by Gasteiger charge is 2.19. The van der Waals surface area contributed by atoms with Crippen LogP contribution in [0, 0.1) is 0 Å². The quantitative estimate of drug-likeness (QED) is 0.903. The zero-order valence-corrected chi connectivity index (χ0v) is 11.4. The molecule has 17 heavy (non-hydrogen) atoms. The van der Waals surface area contributed by atoms with Gasteiger partial charge in [0.25, 0.3) is 5.91 Å². The average molecular weight is 298 g/mol. The maximum Gasteiger partial charge on any atom is 0.253 e. The summed E-state index contributed by atoms with van der Waals surface area (Å²) in [7, 11) is 2.11. The third-order valence-corrected chi connectivity index (χ3v) is 3.45. The van der Waals surface area contributed by atoms with E-state index in [1.165, 1.54) is 0 Å². The molecule has 4 nitrogen and oxygen atoms in total. The number of hydrogen-bond donors (Lipinski definition) is 1. The molecule has 0 atom stereocenters. The van der Waals surface area contributed by atoms with E-state index < -0.39 is 0 Å². The maximum atomic E-state index is 12.0. The summed E-state index contributed by atoms with van der Waals surface area (Å²) in [5.74, 6) is -0.0339. The summed E-state index contributed by atoms with van der Waals surface area (Å²) in [5.41, 5.74) is 0.610. The van der Waals surface area contributed by atoms with Crippen LogP contribution in [0.4, 0.5) is 0 Å². The minimum atomic E-state index is -0.0339. The molecule has 1 amide bonds. The summed E-state index contributed by atoms with van der Waals surface area (Å²) >= 11 is 3.31. The first-order chi connectivity index (χ1) is 8.15. The van der Waals surface area contributed by atoms with Gasteiger partial charge in [0.2, 0.25) is 0 Å². The summed E-state index contributed by atoms with van der Waals surface area (Å²) in [6.07, 6.45) is 5.30. The second-order valence-corrected chi connectivity index (χ2v) is 5.36. The summed E-state index contributed by atoms with van der Waals surface area (Å²) < 4.78 is 0.827. The van der Waals surface area contributed by atoms with E-state index in [1.54, 1.807) is 18.5 Å². The zero-order valence-electron chi connectivity index (χ0n) is 9.82. The van der Waals surface area contributed by atoms with Crippen molar-refractivity contribution in [1.29, 1.82) is 0 Å². The van der Waals surface area contributed by atoms with E-state index in [0.717, 1.165) is 30.4 Å². The van der Waals surface area contributed by atoms with Gasteiger partial charge in [-0.25, -0.2) is 0 Å². The van der Waals surface area contributed by atoms with Crippen LogP contribution in [0.25, 0.3) is 0 Å². The van der Waals surface area contributed by atoms with Crippen molar-refractivity contribution in [1.82, 2.24) is 15.2 Å². The van der Waals surface area contributed by atoms with Crippen molar-refractivity contribution in [3.63, 3.8) is 0 Å². The summed E-state index contributed by atoms with van der Waals surface area (Å²) in [4.78, 5) is 18.2. The number of piperidine rings is 1. The Balaban J connectivity index is 1.93. The van der Waals surface area contributed by atoms with Gasteiger partial charge in [-0.2, -0.15) is 0 Å². The van der Waals surface area contributed by atoms with Gasteiger partial charge >= 0.3 is 0 Å². The van der Waals surface area contributed by atoms with Gasteiger partial charge in [-0.3, -0.25) is 9.78 Å². The van der Waals surface area contributed by atoms with Crippen molar-refractivity contribution in [2.24, 2.45) is 0 Å². The van der Waals surface area contributed by atoms with Crippen molar-refractivity contribution in [3.05, 3.63) is 28.5 Å². The number of nitrogens with one attached hydrogen (secondary N) is 1. The van der Waals surface area contributed by atoms with Crippen LogP contribution in [-0.4, -0.2) is 42.0 Å². The number of pyridine rings is 1. The predicted octanol–water partition coefficient (Wildman–Crippen LogP) is 1.67. The molecule has 0 saturated carbocycles. The molecular weight excluding hydrogens is 282 g/mol. The van der Waals surface area contributed by atoms with Crippen LogP contribution in [0.5, 0.6) is 0 Å². The number of carbonyl (C=O) groups excluding carboxylic acids is 1. The monoisotopic (exact) mass is 297 g/mol. The van der Waals surface area contributed by atoms with Crippen LogP contribution in [0.15, 0.2) is 22.9 Å². The number of hydrogen-bond acceptors (Lipinski definition) is 3. The molecule has 0 aliphatic carbocycles. The Morgan fingerprint density at radius 1 is 1.47 bits per heavy atom. The molecule has 0 aromatic carbocycles. The van der Waals surface area contributed by atoms with Crippen LogP contribution >= 0.6 is 15.9 Å². The number of amides is 1. The van der Waals surface area contributed by atoms with Crippen LogP contribution in [-0.2, 0) is 0 Å². The highest BCUT2D eigenvalue weighted by molar-refractivity contribution is 9.10. The van der Waals surface area contributed by atoms with E-state index in [2.05, 4.69) is 38.2 Å². The number of likely N-dealkylation sites (tertiary alicyclic amines) is 1. The lowest BCUT2D eigenvalue weighted by Gasteiger charge is -2.29. The molecule has 1 saturated heterocycles. The lowest BCUT2D eigenvalue weighted by atomic mass is 10.1. The molecular formula is C12H16BrN3O. The number of carbonyl (C=O) groups is 1. The molecule has 1 aromatic heterocycles. The van der Waals surface area contributed by atoms with Crippen molar-refractivity contribution < 1.29 is 4.79 Å². The van der Waals surface area contributed by atoms with Crippen LogP contribution in [0.3, 0.4) is 0 Å². The fourth-order valence-electron chi connectivity index (χ4n) is 1.96. The first-order valence-corrected chi connectivity index (χ1v) is 6.54. The van der Waals surface area contributed by atoms with E-state index in [4.69, 9.17) is 0 Å². The van der Waals surface area contributed by atoms with Gasteiger partial charge in [0, 0.05) is 22.9 Å². The Labute approximate surface area is 110 Å². The van der Waals surface area contributed by atoms with Crippen LogP contribution in [0.1, 0.15) is 23.2 Å². The fourth-order valence-corrected chi connectivity index (χ4v) is 2.32. The van der Waals surface area contributed by atoms with Crippen molar-refractivity contribution in [2.75, 3.05) is 20.1 Å². The number of halogens is 1. The molecule has 0 spiro atoms. The van der Waals surface area contributed by atoms with Gasteiger partial charge in [0.05, 0.1) is 5.56 Å². The Bertz CT molecular complexity index is 402. The van der Waals surface area contributed by atoms with Gasteiger partial charge in [-0.1, -0.05) is 0 Å². The highest BCUT2D eigenvalue weighted by atomic mass is 79.9. The minimum Gasteiger partial charge on any atom is -0.349 e. The summed E-state index contributed by atoms with van der Waals surface area (Å²) in [6.45, 7) is 2.09. The van der Waals surface area contributed by atoms with Crippen molar-refractivity contribution in [3.8, 4) is 0 Å². The molecule has 1 N–H and O–H groups in total. The molecule has 1 aromatic rings. The van der Waals surface area contributed by atoms with Crippen LogP contribution in [0.2, 0.25) is 0 Å². The first kappa shape index (κ1) is 12.5. The minimum absolute atomic E-state index is 0.0339. The Morgan fingerprint density at radius 2 is 2.18 bits per heavy atom. The van der Waals surface area contributed by atoms with E-state index in [-0.39, 0.29) is 11.9 Å². The molecule has 2 rings (SSSR count).